The van der Waals surface area contributed by atoms with Gasteiger partial charge in [-0.2, -0.15) is 5.10 Å². The summed E-state index contributed by atoms with van der Waals surface area (Å²) in [6.45, 7) is 5.11. The summed E-state index contributed by atoms with van der Waals surface area (Å²) < 4.78 is 26.2. The SMILES string of the molecule is Cc1ccc(-c2cc(C(=O)N3CCc4ccccc4C3)c3c(C)nn(C4CCS(=O)(=O)C4)c3n2)cc1. The Labute approximate surface area is 210 Å². The highest BCUT2D eigenvalue weighted by molar-refractivity contribution is 7.91. The van der Waals surface area contributed by atoms with E-state index in [0.717, 1.165) is 17.5 Å². The van der Waals surface area contributed by atoms with Gasteiger partial charge in [-0.25, -0.2) is 18.1 Å². The van der Waals surface area contributed by atoms with Gasteiger partial charge in [0.1, 0.15) is 0 Å². The summed E-state index contributed by atoms with van der Waals surface area (Å²) in [6, 6.07) is 17.9. The lowest BCUT2D eigenvalue weighted by molar-refractivity contribution is 0.0736. The highest BCUT2D eigenvalue weighted by atomic mass is 32.2. The number of rotatable bonds is 3. The number of pyridine rings is 1. The summed E-state index contributed by atoms with van der Waals surface area (Å²) in [6.07, 6.45) is 1.32. The van der Waals surface area contributed by atoms with Crippen molar-refractivity contribution in [1.29, 1.82) is 0 Å². The van der Waals surface area contributed by atoms with Gasteiger partial charge in [0.25, 0.3) is 5.91 Å². The molecule has 1 fully saturated rings. The number of sulfone groups is 1. The minimum atomic E-state index is -3.11. The van der Waals surface area contributed by atoms with Crippen molar-refractivity contribution >= 4 is 26.8 Å². The van der Waals surface area contributed by atoms with Gasteiger partial charge in [0.15, 0.2) is 15.5 Å². The smallest absolute Gasteiger partial charge is 0.255 e. The average molecular weight is 501 g/mol. The Morgan fingerprint density at radius 3 is 2.50 bits per heavy atom. The number of aromatic nitrogens is 3. The lowest BCUT2D eigenvalue weighted by Gasteiger charge is -2.29. The van der Waals surface area contributed by atoms with Gasteiger partial charge in [0, 0.05) is 18.7 Å². The van der Waals surface area contributed by atoms with Crippen LogP contribution in [0.5, 0.6) is 0 Å². The molecule has 4 aromatic rings. The number of aryl methyl sites for hydroxylation is 2. The predicted molar refractivity (Wildman–Crippen MR) is 140 cm³/mol. The molecule has 7 nitrogen and oxygen atoms in total. The summed E-state index contributed by atoms with van der Waals surface area (Å²) >= 11 is 0. The molecule has 1 amide bonds. The fraction of sp³-hybridized carbons (Fsp3) is 0.321. The highest BCUT2D eigenvalue weighted by Crippen LogP contribution is 2.33. The fourth-order valence-corrected chi connectivity index (χ4v) is 7.11. The Bertz CT molecular complexity index is 1610. The number of carbonyl (C=O) groups is 1. The molecule has 36 heavy (non-hydrogen) atoms. The Hall–Kier alpha value is -3.52. The normalized spacial score (nSPS) is 18.9. The van der Waals surface area contributed by atoms with Gasteiger partial charge < -0.3 is 4.90 Å². The summed E-state index contributed by atoms with van der Waals surface area (Å²) in [4.78, 5) is 20.9. The Balaban J connectivity index is 1.50. The maximum absolute atomic E-state index is 14.0. The van der Waals surface area contributed by atoms with Crippen molar-refractivity contribution in [3.63, 3.8) is 0 Å². The third-order valence-corrected chi connectivity index (χ3v) is 9.14. The molecule has 0 aliphatic carbocycles. The third-order valence-electron chi connectivity index (χ3n) is 7.39. The molecule has 0 spiro atoms. The van der Waals surface area contributed by atoms with Crippen LogP contribution >= 0.6 is 0 Å². The van der Waals surface area contributed by atoms with Crippen molar-refractivity contribution in [3.8, 4) is 11.3 Å². The van der Waals surface area contributed by atoms with Crippen molar-refractivity contribution in [3.05, 3.63) is 82.5 Å². The molecule has 184 valence electrons. The summed E-state index contributed by atoms with van der Waals surface area (Å²) in [5.41, 5.74) is 7.03. The van der Waals surface area contributed by atoms with Crippen LogP contribution in [0.15, 0.2) is 54.6 Å². The van der Waals surface area contributed by atoms with Crippen LogP contribution in [0.3, 0.4) is 0 Å². The molecule has 2 aromatic carbocycles. The summed E-state index contributed by atoms with van der Waals surface area (Å²) in [5.74, 6) is 0.146. The summed E-state index contributed by atoms with van der Waals surface area (Å²) in [5, 5.41) is 5.44. The molecule has 4 heterocycles. The first-order chi connectivity index (χ1) is 17.3. The molecule has 0 saturated carbocycles. The molecule has 0 radical (unpaired) electrons. The van der Waals surface area contributed by atoms with Crippen LogP contribution in [0, 0.1) is 13.8 Å². The first kappa shape index (κ1) is 22.9. The predicted octanol–water partition coefficient (Wildman–Crippen LogP) is 4.27. The second kappa shape index (κ2) is 8.55. The van der Waals surface area contributed by atoms with Crippen molar-refractivity contribution in [2.45, 2.75) is 39.3 Å². The van der Waals surface area contributed by atoms with Gasteiger partial charge in [0.05, 0.1) is 39.9 Å². The monoisotopic (exact) mass is 500 g/mol. The standard InChI is InChI=1S/C28H28N4O3S/c1-18-7-9-21(10-8-18)25-15-24(28(33)31-13-11-20-5-3-4-6-22(20)16-31)26-19(2)30-32(27(26)29-25)23-12-14-36(34,35)17-23/h3-10,15,23H,11-14,16-17H2,1-2H3. The number of carbonyl (C=O) groups excluding carboxylic acids is 1. The lowest BCUT2D eigenvalue weighted by Crippen LogP contribution is -2.36. The van der Waals surface area contributed by atoms with Crippen LogP contribution < -0.4 is 0 Å². The molecular formula is C28H28N4O3S. The van der Waals surface area contributed by atoms with Gasteiger partial charge in [-0.1, -0.05) is 54.1 Å². The fourth-order valence-electron chi connectivity index (χ4n) is 5.42. The van der Waals surface area contributed by atoms with E-state index >= 15 is 0 Å². The van der Waals surface area contributed by atoms with Crippen LogP contribution in [0.1, 0.15) is 45.2 Å². The number of amides is 1. The zero-order chi connectivity index (χ0) is 25.0. The van der Waals surface area contributed by atoms with Gasteiger partial charge in [0.2, 0.25) is 0 Å². The first-order valence-corrected chi connectivity index (χ1v) is 14.1. The average Bonchev–Trinajstić information content (AvgIpc) is 3.41. The van der Waals surface area contributed by atoms with Crippen LogP contribution in [0.2, 0.25) is 0 Å². The van der Waals surface area contributed by atoms with E-state index in [4.69, 9.17) is 10.1 Å². The molecular weight excluding hydrogens is 472 g/mol. The molecule has 0 N–H and O–H groups in total. The molecule has 1 unspecified atom stereocenters. The third kappa shape index (κ3) is 3.99. The van der Waals surface area contributed by atoms with Gasteiger partial charge in [-0.15, -0.1) is 0 Å². The molecule has 6 rings (SSSR count). The number of fused-ring (bicyclic) bond motifs is 2. The van der Waals surface area contributed by atoms with Crippen LogP contribution in [0.4, 0.5) is 0 Å². The molecule has 8 heteroatoms. The number of hydrogen-bond donors (Lipinski definition) is 0. The Morgan fingerprint density at radius 1 is 1.03 bits per heavy atom. The molecule has 2 aliphatic rings. The van der Waals surface area contributed by atoms with Gasteiger partial charge in [-0.05, 0) is 43.9 Å². The van der Waals surface area contributed by atoms with Crippen molar-refractivity contribution in [1.82, 2.24) is 19.7 Å². The summed E-state index contributed by atoms with van der Waals surface area (Å²) in [7, 11) is -3.11. The topological polar surface area (TPSA) is 85.2 Å². The maximum Gasteiger partial charge on any atom is 0.255 e. The minimum Gasteiger partial charge on any atom is -0.334 e. The van der Waals surface area contributed by atoms with Crippen LogP contribution in [-0.2, 0) is 22.8 Å². The number of benzene rings is 2. The van der Waals surface area contributed by atoms with E-state index in [9.17, 15) is 13.2 Å². The van der Waals surface area contributed by atoms with E-state index < -0.39 is 9.84 Å². The second-order valence-electron chi connectivity index (χ2n) is 9.95. The molecule has 1 saturated heterocycles. The van der Waals surface area contributed by atoms with Crippen molar-refractivity contribution < 1.29 is 13.2 Å². The quantitative estimate of drug-likeness (QED) is 0.419. The lowest BCUT2D eigenvalue weighted by atomic mass is 9.98. The largest absolute Gasteiger partial charge is 0.334 e. The van der Waals surface area contributed by atoms with E-state index in [0.29, 0.717) is 47.5 Å². The van der Waals surface area contributed by atoms with Crippen LogP contribution in [0.25, 0.3) is 22.3 Å². The Kier molecular flexibility index (Phi) is 5.44. The van der Waals surface area contributed by atoms with Crippen LogP contribution in [-0.4, -0.2) is 52.0 Å². The van der Waals surface area contributed by atoms with E-state index in [2.05, 4.69) is 12.1 Å². The van der Waals surface area contributed by atoms with Gasteiger partial charge >= 0.3 is 0 Å². The van der Waals surface area contributed by atoms with Gasteiger partial charge in [-0.3, -0.25) is 4.79 Å². The molecule has 2 aliphatic heterocycles. The minimum absolute atomic E-state index is 0.0475. The zero-order valence-corrected chi connectivity index (χ0v) is 21.3. The Morgan fingerprint density at radius 2 is 1.78 bits per heavy atom. The maximum atomic E-state index is 14.0. The number of nitrogens with zero attached hydrogens (tertiary/aromatic N) is 4. The van der Waals surface area contributed by atoms with Crippen molar-refractivity contribution in [2.75, 3.05) is 18.1 Å². The first-order valence-electron chi connectivity index (χ1n) is 12.3. The zero-order valence-electron chi connectivity index (χ0n) is 20.4. The van der Waals surface area contributed by atoms with E-state index in [1.54, 1.807) is 4.68 Å². The number of hydrogen-bond acceptors (Lipinski definition) is 5. The highest BCUT2D eigenvalue weighted by Gasteiger charge is 2.33. The second-order valence-corrected chi connectivity index (χ2v) is 12.2. The van der Waals surface area contributed by atoms with E-state index in [1.807, 2.05) is 61.2 Å². The molecule has 2 aromatic heterocycles. The molecule has 0 bridgehead atoms. The van der Waals surface area contributed by atoms with Crippen molar-refractivity contribution in [2.24, 2.45) is 0 Å². The van der Waals surface area contributed by atoms with E-state index in [1.165, 1.54) is 11.1 Å². The molecule has 1 atom stereocenters. The van der Waals surface area contributed by atoms with E-state index in [-0.39, 0.29) is 23.5 Å².